The number of nitrogens with one attached hydrogen (secondary N) is 1. The summed E-state index contributed by atoms with van der Waals surface area (Å²) in [5.74, 6) is 0. The number of nitrogens with zero attached hydrogens (tertiary/aromatic N) is 1. The maximum absolute atomic E-state index is 12.3. The number of benzene rings is 1. The maximum Gasteiger partial charge on any atom is 0.329 e. The van der Waals surface area contributed by atoms with Crippen molar-refractivity contribution in [3.05, 3.63) is 67.9 Å². The van der Waals surface area contributed by atoms with Gasteiger partial charge >= 0.3 is 5.69 Å². The lowest BCUT2D eigenvalue weighted by Gasteiger charge is -2.14. The Labute approximate surface area is 146 Å². The molecule has 4 nitrogen and oxygen atoms in total. The van der Waals surface area contributed by atoms with E-state index in [1.807, 2.05) is 32.9 Å². The van der Waals surface area contributed by atoms with Crippen LogP contribution in [0.1, 0.15) is 37.0 Å². The van der Waals surface area contributed by atoms with Gasteiger partial charge in [-0.2, -0.15) is 0 Å². The first-order valence-electron chi connectivity index (χ1n) is 8.23. The Kier molecular flexibility index (Phi) is 6.26. The minimum absolute atomic E-state index is 0.287. The molecule has 5 heteroatoms. The summed E-state index contributed by atoms with van der Waals surface area (Å²) in [6.45, 7) is 8.55. The van der Waals surface area contributed by atoms with E-state index in [9.17, 15) is 9.59 Å². The monoisotopic (exact) mass is 344 g/mol. The Bertz CT molecular complexity index is 842. The van der Waals surface area contributed by atoms with Crippen LogP contribution in [0.3, 0.4) is 0 Å². The van der Waals surface area contributed by atoms with Gasteiger partial charge < -0.3 is 0 Å². The van der Waals surface area contributed by atoms with Gasteiger partial charge in [0.05, 0.1) is 5.03 Å². The van der Waals surface area contributed by atoms with Gasteiger partial charge in [0.2, 0.25) is 0 Å². The van der Waals surface area contributed by atoms with Crippen LogP contribution in [0, 0.1) is 13.8 Å². The first-order chi connectivity index (χ1) is 11.5. The highest BCUT2D eigenvalue weighted by atomic mass is 32.2. The summed E-state index contributed by atoms with van der Waals surface area (Å²) in [6, 6.07) is 6.27. The zero-order valence-electron chi connectivity index (χ0n) is 14.7. The first kappa shape index (κ1) is 18.3. The zero-order chi connectivity index (χ0) is 17.7. The van der Waals surface area contributed by atoms with E-state index in [1.165, 1.54) is 22.9 Å². The van der Waals surface area contributed by atoms with Crippen LogP contribution >= 0.6 is 11.8 Å². The molecule has 1 N–H and O–H groups in total. The van der Waals surface area contributed by atoms with Crippen LogP contribution in [-0.2, 0) is 13.0 Å². The molecule has 0 radical (unpaired) electrons. The average molecular weight is 344 g/mol. The van der Waals surface area contributed by atoms with Crippen molar-refractivity contribution in [3.8, 4) is 0 Å². The van der Waals surface area contributed by atoms with E-state index in [4.69, 9.17) is 0 Å². The topological polar surface area (TPSA) is 54.9 Å². The van der Waals surface area contributed by atoms with Crippen LogP contribution < -0.4 is 11.2 Å². The van der Waals surface area contributed by atoms with Crippen LogP contribution in [0.4, 0.5) is 0 Å². The number of rotatable bonds is 6. The van der Waals surface area contributed by atoms with Gasteiger partial charge in [-0.3, -0.25) is 14.3 Å². The second-order valence-electron chi connectivity index (χ2n) is 5.81. The Morgan fingerprint density at radius 3 is 2.33 bits per heavy atom. The van der Waals surface area contributed by atoms with Gasteiger partial charge in [-0.05, 0) is 49.9 Å². The Balaban J connectivity index is 2.58. The van der Waals surface area contributed by atoms with Crippen LogP contribution in [0.15, 0.2) is 49.9 Å². The third-order valence-corrected chi connectivity index (χ3v) is 4.83. The van der Waals surface area contributed by atoms with Crippen molar-refractivity contribution in [1.29, 1.82) is 0 Å². The van der Waals surface area contributed by atoms with Crippen LogP contribution in [0.5, 0.6) is 0 Å². The number of aromatic amines is 1. The fraction of sp³-hybridized carbons (Fsp3) is 0.368. The Morgan fingerprint density at radius 1 is 1.08 bits per heavy atom. The minimum atomic E-state index is -0.357. The van der Waals surface area contributed by atoms with Crippen LogP contribution in [0.25, 0.3) is 0 Å². The quantitative estimate of drug-likeness (QED) is 0.640. The fourth-order valence-electron chi connectivity index (χ4n) is 2.64. The number of H-pyrrole nitrogens is 1. The van der Waals surface area contributed by atoms with Gasteiger partial charge in [0.25, 0.3) is 5.56 Å². The predicted molar refractivity (Wildman–Crippen MR) is 100 cm³/mol. The van der Waals surface area contributed by atoms with Gasteiger partial charge in [0, 0.05) is 17.0 Å². The summed E-state index contributed by atoms with van der Waals surface area (Å²) in [6.07, 6.45) is 5.48. The summed E-state index contributed by atoms with van der Waals surface area (Å²) in [5, 5.41) is 0.733. The fourth-order valence-corrected chi connectivity index (χ4v) is 3.98. The zero-order valence-corrected chi connectivity index (χ0v) is 15.5. The molecule has 1 aromatic heterocycles. The van der Waals surface area contributed by atoms with Crippen LogP contribution in [0.2, 0.25) is 0 Å². The van der Waals surface area contributed by atoms with E-state index < -0.39 is 0 Å². The van der Waals surface area contributed by atoms with E-state index in [1.54, 1.807) is 4.57 Å². The van der Waals surface area contributed by atoms with Gasteiger partial charge in [0.1, 0.15) is 0 Å². The highest BCUT2D eigenvalue weighted by Crippen LogP contribution is 2.30. The van der Waals surface area contributed by atoms with Crippen molar-refractivity contribution >= 4 is 11.8 Å². The molecule has 0 saturated heterocycles. The number of allylic oxidation sites excluding steroid dienone is 2. The van der Waals surface area contributed by atoms with E-state index in [2.05, 4.69) is 30.1 Å². The van der Waals surface area contributed by atoms with Gasteiger partial charge in [-0.15, -0.1) is 0 Å². The molecule has 0 aliphatic rings. The maximum atomic E-state index is 12.3. The minimum Gasteiger partial charge on any atom is -0.284 e. The molecule has 0 amide bonds. The van der Waals surface area contributed by atoms with Crippen molar-refractivity contribution in [2.24, 2.45) is 0 Å². The second kappa shape index (κ2) is 8.20. The lowest BCUT2D eigenvalue weighted by molar-refractivity contribution is 0.644. The van der Waals surface area contributed by atoms with Crippen molar-refractivity contribution < 1.29 is 0 Å². The molecule has 0 aliphatic heterocycles. The second-order valence-corrected chi connectivity index (χ2v) is 6.87. The molecule has 0 aliphatic carbocycles. The number of hydrogen-bond acceptors (Lipinski definition) is 3. The molecule has 0 unspecified atom stereocenters. The molecular weight excluding hydrogens is 320 g/mol. The molecule has 128 valence electrons. The van der Waals surface area contributed by atoms with Gasteiger partial charge in [0.15, 0.2) is 0 Å². The molecule has 24 heavy (non-hydrogen) atoms. The Hall–Kier alpha value is -2.01. The molecule has 1 heterocycles. The predicted octanol–water partition coefficient (Wildman–Crippen LogP) is 3.83. The van der Waals surface area contributed by atoms with Gasteiger partial charge in [-0.1, -0.05) is 43.8 Å². The van der Waals surface area contributed by atoms with E-state index >= 15 is 0 Å². The SMILES string of the molecule is CC/C=C/Cn1c(Sc2cc(C)cc(C)c2)c(CC)c(=O)[nH]c1=O. The molecule has 0 saturated carbocycles. The molecule has 0 atom stereocenters. The summed E-state index contributed by atoms with van der Waals surface area (Å²) < 4.78 is 1.65. The third kappa shape index (κ3) is 4.29. The van der Waals surface area contributed by atoms with E-state index in [0.29, 0.717) is 18.5 Å². The van der Waals surface area contributed by atoms with Crippen molar-refractivity contribution in [3.63, 3.8) is 0 Å². The average Bonchev–Trinajstić information content (AvgIpc) is 2.49. The summed E-state index contributed by atoms with van der Waals surface area (Å²) in [5.41, 5.74) is 2.35. The smallest absolute Gasteiger partial charge is 0.284 e. The van der Waals surface area contributed by atoms with E-state index in [-0.39, 0.29) is 11.2 Å². The van der Waals surface area contributed by atoms with Gasteiger partial charge in [-0.25, -0.2) is 4.79 Å². The normalized spacial score (nSPS) is 11.3. The molecule has 2 aromatic rings. The number of hydrogen-bond donors (Lipinski definition) is 1. The standard InChI is InChI=1S/C19H24N2O2S/c1-5-7-8-9-21-18(16(6-2)17(22)20-19(21)23)24-15-11-13(3)10-14(4)12-15/h7-8,10-12H,5-6,9H2,1-4H3,(H,20,22,23)/b8-7+. The summed E-state index contributed by atoms with van der Waals surface area (Å²) >= 11 is 1.49. The van der Waals surface area contributed by atoms with Crippen molar-refractivity contribution in [2.75, 3.05) is 0 Å². The summed E-state index contributed by atoms with van der Waals surface area (Å²) in [7, 11) is 0. The van der Waals surface area contributed by atoms with Crippen LogP contribution in [-0.4, -0.2) is 9.55 Å². The molecule has 2 rings (SSSR count). The van der Waals surface area contributed by atoms with Crippen molar-refractivity contribution in [2.45, 2.75) is 57.0 Å². The lowest BCUT2D eigenvalue weighted by Crippen LogP contribution is -2.33. The molecule has 0 bridgehead atoms. The molecule has 0 spiro atoms. The number of aryl methyl sites for hydroxylation is 2. The highest BCUT2D eigenvalue weighted by molar-refractivity contribution is 7.99. The summed E-state index contributed by atoms with van der Waals surface area (Å²) in [4.78, 5) is 28.0. The lowest BCUT2D eigenvalue weighted by atomic mass is 10.2. The third-order valence-electron chi connectivity index (χ3n) is 3.70. The molecule has 0 fully saturated rings. The van der Waals surface area contributed by atoms with Crippen molar-refractivity contribution in [1.82, 2.24) is 9.55 Å². The first-order valence-corrected chi connectivity index (χ1v) is 9.05. The molecule has 1 aromatic carbocycles. The Morgan fingerprint density at radius 2 is 1.75 bits per heavy atom. The molecular formula is C19H24N2O2S. The van der Waals surface area contributed by atoms with E-state index in [0.717, 1.165) is 16.3 Å². The largest absolute Gasteiger partial charge is 0.329 e. The number of aromatic nitrogens is 2. The highest BCUT2D eigenvalue weighted by Gasteiger charge is 2.14.